The van der Waals surface area contributed by atoms with Crippen molar-refractivity contribution in [1.29, 1.82) is 0 Å². The fourth-order valence-corrected chi connectivity index (χ4v) is 3.91. The lowest BCUT2D eigenvalue weighted by Crippen LogP contribution is -2.33. The molecule has 9 nitrogen and oxygen atoms in total. The van der Waals surface area contributed by atoms with Gasteiger partial charge in [-0.3, -0.25) is 14.9 Å². The van der Waals surface area contributed by atoms with Crippen molar-refractivity contribution >= 4 is 68.3 Å². The second-order valence-corrected chi connectivity index (χ2v) is 7.82. The van der Waals surface area contributed by atoms with Crippen LogP contribution in [0.2, 0.25) is 0 Å². The number of carbonyl (C=O) groups is 2. The smallest absolute Gasteiger partial charge is 0.237 e. The molecule has 2 aromatic heterocycles. The van der Waals surface area contributed by atoms with Crippen molar-refractivity contribution in [2.24, 2.45) is 0 Å². The molecule has 5 N–H and O–H groups in total. The molecule has 0 fully saturated rings. The van der Waals surface area contributed by atoms with Crippen molar-refractivity contribution in [3.63, 3.8) is 0 Å². The fourth-order valence-electron chi connectivity index (χ4n) is 1.04. The predicted octanol–water partition coefficient (Wildman–Crippen LogP) is 0.0812. The molecule has 0 aliphatic heterocycles. The van der Waals surface area contributed by atoms with Crippen LogP contribution in [0.1, 0.15) is 0 Å². The van der Waals surface area contributed by atoms with E-state index in [0.717, 1.165) is 0 Å². The standard InChI is InChI=1S/C8H9N7O2S4/c9-5-12-14-7(20-5)18-1-3(16)11-4(17)2-19-8-15-13-6(10)21-8/h1-2H2,(H2,9,12)(H2,10,13)(H,11,16,17). The van der Waals surface area contributed by atoms with Gasteiger partial charge in [-0.15, -0.1) is 20.4 Å². The summed E-state index contributed by atoms with van der Waals surface area (Å²) in [4.78, 5) is 23.1. The Morgan fingerprint density at radius 1 is 0.905 bits per heavy atom. The highest BCUT2D eigenvalue weighted by molar-refractivity contribution is 8.02. The highest BCUT2D eigenvalue weighted by Gasteiger charge is 2.12. The zero-order valence-electron chi connectivity index (χ0n) is 10.3. The number of nitrogens with zero attached hydrogens (tertiary/aromatic N) is 4. The van der Waals surface area contributed by atoms with Gasteiger partial charge in [-0.2, -0.15) is 0 Å². The summed E-state index contributed by atoms with van der Waals surface area (Å²) >= 11 is 4.70. The number of carbonyl (C=O) groups excluding carboxylic acids is 2. The molecule has 112 valence electrons. The Bertz CT molecular complexity index is 588. The van der Waals surface area contributed by atoms with E-state index in [1.54, 1.807) is 0 Å². The number of nitrogen functional groups attached to an aromatic ring is 2. The molecular formula is C8H9N7O2S4. The van der Waals surface area contributed by atoms with Crippen LogP contribution in [0.5, 0.6) is 0 Å². The van der Waals surface area contributed by atoms with Crippen LogP contribution in [0.4, 0.5) is 10.3 Å². The van der Waals surface area contributed by atoms with E-state index in [4.69, 9.17) is 11.5 Å². The number of thioether (sulfide) groups is 2. The molecule has 0 aliphatic rings. The molecule has 2 aromatic rings. The zero-order chi connectivity index (χ0) is 15.2. The highest BCUT2D eigenvalue weighted by Crippen LogP contribution is 2.24. The number of nitrogens with two attached hydrogens (primary N) is 2. The van der Waals surface area contributed by atoms with Crippen molar-refractivity contribution in [2.75, 3.05) is 23.0 Å². The third-order valence-electron chi connectivity index (χ3n) is 1.78. The summed E-state index contributed by atoms with van der Waals surface area (Å²) in [5.74, 6) is -0.680. The molecule has 0 aliphatic carbocycles. The lowest BCUT2D eigenvalue weighted by molar-refractivity contribution is -0.127. The summed E-state index contributed by atoms with van der Waals surface area (Å²) < 4.78 is 1.16. The number of hydrogen-bond acceptors (Lipinski definition) is 12. The van der Waals surface area contributed by atoms with Gasteiger partial charge in [0, 0.05) is 0 Å². The zero-order valence-corrected chi connectivity index (χ0v) is 13.6. The van der Waals surface area contributed by atoms with Gasteiger partial charge in [-0.25, -0.2) is 0 Å². The summed E-state index contributed by atoms with van der Waals surface area (Å²) in [6, 6.07) is 0. The van der Waals surface area contributed by atoms with Gasteiger partial charge in [0.15, 0.2) is 8.68 Å². The average Bonchev–Trinajstić information content (AvgIpc) is 3.03. The summed E-state index contributed by atoms with van der Waals surface area (Å²) in [6.07, 6.45) is 0. The van der Waals surface area contributed by atoms with E-state index >= 15 is 0 Å². The number of imide groups is 1. The Labute approximate surface area is 135 Å². The lowest BCUT2D eigenvalue weighted by Gasteiger charge is -2.01. The van der Waals surface area contributed by atoms with E-state index in [1.807, 2.05) is 0 Å². The molecular weight excluding hydrogens is 354 g/mol. The second kappa shape index (κ2) is 7.53. The number of nitrogens with one attached hydrogen (secondary N) is 1. The van der Waals surface area contributed by atoms with E-state index in [9.17, 15) is 9.59 Å². The van der Waals surface area contributed by atoms with Gasteiger partial charge in [0.25, 0.3) is 0 Å². The fraction of sp³-hybridized carbons (Fsp3) is 0.250. The molecule has 21 heavy (non-hydrogen) atoms. The quantitative estimate of drug-likeness (QED) is 0.602. The van der Waals surface area contributed by atoms with Gasteiger partial charge in [-0.05, 0) is 0 Å². The number of rotatable bonds is 6. The van der Waals surface area contributed by atoms with E-state index in [0.29, 0.717) is 18.9 Å². The maximum Gasteiger partial charge on any atom is 0.237 e. The number of anilines is 2. The van der Waals surface area contributed by atoms with E-state index in [1.165, 1.54) is 46.2 Å². The maximum atomic E-state index is 11.6. The molecule has 0 radical (unpaired) electrons. The highest BCUT2D eigenvalue weighted by atomic mass is 32.2. The van der Waals surface area contributed by atoms with Crippen LogP contribution in [0.15, 0.2) is 8.68 Å². The van der Waals surface area contributed by atoms with E-state index in [-0.39, 0.29) is 11.5 Å². The van der Waals surface area contributed by atoms with Crippen molar-refractivity contribution in [1.82, 2.24) is 25.7 Å². The van der Waals surface area contributed by atoms with Gasteiger partial charge in [0.05, 0.1) is 11.5 Å². The maximum absolute atomic E-state index is 11.6. The minimum atomic E-state index is -0.406. The summed E-state index contributed by atoms with van der Waals surface area (Å²) in [5, 5.41) is 17.7. The predicted molar refractivity (Wildman–Crippen MR) is 83.2 cm³/mol. The third-order valence-corrected chi connectivity index (χ3v) is 5.55. The molecule has 2 rings (SSSR count). The van der Waals surface area contributed by atoms with Crippen LogP contribution in [0.3, 0.4) is 0 Å². The Morgan fingerprint density at radius 2 is 1.33 bits per heavy atom. The Kier molecular flexibility index (Phi) is 5.72. The molecule has 2 amide bonds. The van der Waals surface area contributed by atoms with Crippen LogP contribution in [0.25, 0.3) is 0 Å². The van der Waals surface area contributed by atoms with Crippen molar-refractivity contribution < 1.29 is 9.59 Å². The molecule has 0 bridgehead atoms. The van der Waals surface area contributed by atoms with Crippen LogP contribution < -0.4 is 16.8 Å². The first-order chi connectivity index (χ1) is 10.0. The van der Waals surface area contributed by atoms with Crippen molar-refractivity contribution in [3.05, 3.63) is 0 Å². The van der Waals surface area contributed by atoms with Crippen molar-refractivity contribution in [3.8, 4) is 0 Å². The van der Waals surface area contributed by atoms with Crippen LogP contribution in [0, 0.1) is 0 Å². The first-order valence-corrected chi connectivity index (χ1v) is 8.89. The monoisotopic (exact) mass is 363 g/mol. The summed E-state index contributed by atoms with van der Waals surface area (Å²) in [6.45, 7) is 0. The molecule has 13 heteroatoms. The van der Waals surface area contributed by atoms with Crippen LogP contribution >= 0.6 is 46.2 Å². The first-order valence-electron chi connectivity index (χ1n) is 5.29. The van der Waals surface area contributed by atoms with Gasteiger partial charge in [-0.1, -0.05) is 46.2 Å². The van der Waals surface area contributed by atoms with Gasteiger partial charge < -0.3 is 11.5 Å². The topological polar surface area (TPSA) is 150 Å². The first kappa shape index (κ1) is 15.9. The molecule has 0 unspecified atom stereocenters. The SMILES string of the molecule is Nc1nnc(SCC(=O)NC(=O)CSc2nnc(N)s2)s1. The molecule has 0 aromatic carbocycles. The Balaban J connectivity index is 1.68. The van der Waals surface area contributed by atoms with Gasteiger partial charge >= 0.3 is 0 Å². The number of aromatic nitrogens is 4. The normalized spacial score (nSPS) is 10.5. The van der Waals surface area contributed by atoms with E-state index < -0.39 is 11.8 Å². The third kappa shape index (κ3) is 5.45. The Hall–Kier alpha value is -1.44. The van der Waals surface area contributed by atoms with Gasteiger partial charge in [0.2, 0.25) is 22.1 Å². The van der Waals surface area contributed by atoms with Gasteiger partial charge in [0.1, 0.15) is 0 Å². The molecule has 2 heterocycles. The Morgan fingerprint density at radius 3 is 1.67 bits per heavy atom. The summed E-state index contributed by atoms with van der Waals surface area (Å²) in [5.41, 5.74) is 10.8. The van der Waals surface area contributed by atoms with Crippen LogP contribution in [-0.4, -0.2) is 43.7 Å². The lowest BCUT2D eigenvalue weighted by atomic mass is 10.6. The molecule has 0 saturated heterocycles. The molecule has 0 spiro atoms. The minimum absolute atomic E-state index is 0.0663. The average molecular weight is 363 g/mol. The summed E-state index contributed by atoms with van der Waals surface area (Å²) in [7, 11) is 0. The largest absolute Gasteiger partial charge is 0.374 e. The second-order valence-electron chi connectivity index (χ2n) is 3.36. The molecule has 0 atom stereocenters. The van der Waals surface area contributed by atoms with E-state index in [2.05, 4.69) is 25.7 Å². The van der Waals surface area contributed by atoms with Crippen molar-refractivity contribution in [2.45, 2.75) is 8.68 Å². The van der Waals surface area contributed by atoms with Crippen LogP contribution in [-0.2, 0) is 9.59 Å². The minimum Gasteiger partial charge on any atom is -0.374 e. The number of amides is 2. The number of hydrogen-bond donors (Lipinski definition) is 3. The molecule has 0 saturated carbocycles.